The van der Waals surface area contributed by atoms with Gasteiger partial charge in [0, 0.05) is 24.9 Å². The van der Waals surface area contributed by atoms with Crippen molar-refractivity contribution < 1.29 is 4.79 Å². The summed E-state index contributed by atoms with van der Waals surface area (Å²) >= 11 is 3.55. The maximum atomic E-state index is 12.4. The van der Waals surface area contributed by atoms with Crippen LogP contribution >= 0.6 is 15.9 Å². The van der Waals surface area contributed by atoms with Gasteiger partial charge in [0.1, 0.15) is 5.78 Å². The van der Waals surface area contributed by atoms with Crippen LogP contribution in [0.5, 0.6) is 0 Å². The summed E-state index contributed by atoms with van der Waals surface area (Å²) < 4.78 is 2.89. The first kappa shape index (κ1) is 14.7. The van der Waals surface area contributed by atoms with E-state index in [2.05, 4.69) is 21.0 Å². The van der Waals surface area contributed by atoms with E-state index < -0.39 is 0 Å². The number of carbonyl (C=O) groups is 1. The summed E-state index contributed by atoms with van der Waals surface area (Å²) in [5.41, 5.74) is 7.92. The molecule has 0 radical (unpaired) electrons. The molecular formula is C14H22BrN3O. The van der Waals surface area contributed by atoms with E-state index in [1.54, 1.807) is 0 Å². The molecule has 1 saturated carbocycles. The van der Waals surface area contributed by atoms with Crippen LogP contribution in [0.4, 0.5) is 0 Å². The van der Waals surface area contributed by atoms with Gasteiger partial charge in [-0.15, -0.1) is 0 Å². The second kappa shape index (κ2) is 6.18. The molecule has 0 bridgehead atoms. The van der Waals surface area contributed by atoms with E-state index in [9.17, 15) is 4.79 Å². The molecule has 0 amide bonds. The van der Waals surface area contributed by atoms with Crippen LogP contribution in [0.3, 0.4) is 0 Å². The van der Waals surface area contributed by atoms with Crippen LogP contribution in [0, 0.1) is 12.8 Å². The van der Waals surface area contributed by atoms with E-state index in [0.717, 1.165) is 48.1 Å². The number of nitrogens with two attached hydrogens (primary N) is 1. The second-order valence-electron chi connectivity index (χ2n) is 5.43. The lowest BCUT2D eigenvalue weighted by Gasteiger charge is -2.25. The lowest BCUT2D eigenvalue weighted by Crippen LogP contribution is -2.32. The van der Waals surface area contributed by atoms with Crippen molar-refractivity contribution in [3.05, 3.63) is 15.9 Å². The summed E-state index contributed by atoms with van der Waals surface area (Å²) in [6.07, 6.45) is 4.43. The van der Waals surface area contributed by atoms with Gasteiger partial charge in [-0.2, -0.15) is 5.10 Å². The lowest BCUT2D eigenvalue weighted by atomic mass is 9.82. The molecule has 1 aromatic heterocycles. The average Bonchev–Trinajstić information content (AvgIpc) is 2.66. The maximum absolute atomic E-state index is 12.4. The van der Waals surface area contributed by atoms with Gasteiger partial charge in [-0.05, 0) is 49.0 Å². The van der Waals surface area contributed by atoms with Gasteiger partial charge in [-0.1, -0.05) is 6.42 Å². The number of aromatic nitrogens is 2. The third-order valence-electron chi connectivity index (χ3n) is 3.96. The third kappa shape index (κ3) is 3.26. The van der Waals surface area contributed by atoms with Crippen molar-refractivity contribution in [3.63, 3.8) is 0 Å². The number of Topliss-reactive ketones (excluding diaryl/α,β-unsaturated/α-hetero) is 1. The zero-order valence-corrected chi connectivity index (χ0v) is 13.2. The first-order chi connectivity index (χ1) is 9.02. The highest BCUT2D eigenvalue weighted by Gasteiger charge is 2.27. The molecule has 4 nitrogen and oxygen atoms in total. The summed E-state index contributed by atoms with van der Waals surface area (Å²) in [6.45, 7) is 4.79. The number of nitrogens with zero attached hydrogens (tertiary/aromatic N) is 2. The Morgan fingerprint density at radius 2 is 2.26 bits per heavy atom. The van der Waals surface area contributed by atoms with Gasteiger partial charge in [0.2, 0.25) is 0 Å². The zero-order chi connectivity index (χ0) is 14.0. The van der Waals surface area contributed by atoms with E-state index in [1.165, 1.54) is 0 Å². The van der Waals surface area contributed by atoms with Crippen LogP contribution in [-0.2, 0) is 17.8 Å². The highest BCUT2D eigenvalue weighted by atomic mass is 79.9. The predicted octanol–water partition coefficient (Wildman–Crippen LogP) is 2.60. The van der Waals surface area contributed by atoms with Crippen LogP contribution in [0.2, 0.25) is 0 Å². The van der Waals surface area contributed by atoms with Crippen molar-refractivity contribution in [2.75, 3.05) is 0 Å². The number of hydrogen-bond acceptors (Lipinski definition) is 3. The van der Waals surface area contributed by atoms with Gasteiger partial charge in [0.15, 0.2) is 0 Å². The average molecular weight is 328 g/mol. The molecule has 1 fully saturated rings. The van der Waals surface area contributed by atoms with Gasteiger partial charge < -0.3 is 5.73 Å². The van der Waals surface area contributed by atoms with Crippen LogP contribution in [0.15, 0.2) is 4.47 Å². The molecule has 2 rings (SSSR count). The standard InChI is InChI=1S/C14H22BrN3O/c1-3-18-12(14(15)9(2)17-18)8-13(19)10-5-4-6-11(16)7-10/h10-11H,3-8,16H2,1-2H3. The summed E-state index contributed by atoms with van der Waals surface area (Å²) in [7, 11) is 0. The van der Waals surface area contributed by atoms with Gasteiger partial charge in [0.25, 0.3) is 0 Å². The first-order valence-electron chi connectivity index (χ1n) is 7.03. The molecule has 0 spiro atoms. The van der Waals surface area contributed by atoms with Crippen molar-refractivity contribution >= 4 is 21.7 Å². The zero-order valence-electron chi connectivity index (χ0n) is 11.7. The number of rotatable bonds is 4. The molecule has 0 aliphatic heterocycles. The summed E-state index contributed by atoms with van der Waals surface area (Å²) in [6, 6.07) is 0.198. The Labute approximate surface area is 122 Å². The molecule has 1 heterocycles. The van der Waals surface area contributed by atoms with Crippen LogP contribution < -0.4 is 5.73 Å². The van der Waals surface area contributed by atoms with Crippen molar-refractivity contribution in [1.82, 2.24) is 9.78 Å². The molecule has 106 valence electrons. The molecule has 0 saturated heterocycles. The minimum absolute atomic E-state index is 0.135. The molecule has 1 aromatic rings. The number of halogens is 1. The smallest absolute Gasteiger partial charge is 0.141 e. The Hall–Kier alpha value is -0.680. The molecule has 0 aromatic carbocycles. The minimum atomic E-state index is 0.135. The molecule has 1 aliphatic carbocycles. The normalized spacial score (nSPS) is 23.6. The minimum Gasteiger partial charge on any atom is -0.328 e. The van der Waals surface area contributed by atoms with Gasteiger partial charge >= 0.3 is 0 Å². The molecule has 2 unspecified atom stereocenters. The second-order valence-corrected chi connectivity index (χ2v) is 6.22. The Kier molecular flexibility index (Phi) is 4.79. The monoisotopic (exact) mass is 327 g/mol. The van der Waals surface area contributed by atoms with Crippen molar-refractivity contribution in [2.45, 2.75) is 58.5 Å². The van der Waals surface area contributed by atoms with E-state index in [-0.39, 0.29) is 12.0 Å². The Bertz CT molecular complexity index is 470. The van der Waals surface area contributed by atoms with E-state index in [4.69, 9.17) is 5.73 Å². The molecule has 2 N–H and O–H groups in total. The number of hydrogen-bond donors (Lipinski definition) is 1. The SMILES string of the molecule is CCn1nc(C)c(Br)c1CC(=O)C1CCCC(N)C1. The fraction of sp³-hybridized carbons (Fsp3) is 0.714. The van der Waals surface area contributed by atoms with Gasteiger partial charge in [-0.25, -0.2) is 0 Å². The van der Waals surface area contributed by atoms with Gasteiger partial charge in [0.05, 0.1) is 15.9 Å². The van der Waals surface area contributed by atoms with Crippen molar-refractivity contribution in [1.29, 1.82) is 0 Å². The molecule has 1 aliphatic rings. The third-order valence-corrected chi connectivity index (χ3v) is 5.00. The van der Waals surface area contributed by atoms with E-state index in [0.29, 0.717) is 12.2 Å². The molecule has 2 atom stereocenters. The highest BCUT2D eigenvalue weighted by Crippen LogP contribution is 2.27. The number of aryl methyl sites for hydroxylation is 2. The Morgan fingerprint density at radius 3 is 2.89 bits per heavy atom. The van der Waals surface area contributed by atoms with E-state index in [1.807, 2.05) is 18.5 Å². The van der Waals surface area contributed by atoms with Gasteiger partial charge in [-0.3, -0.25) is 9.48 Å². The molecule has 19 heavy (non-hydrogen) atoms. The summed E-state index contributed by atoms with van der Waals surface area (Å²) in [4.78, 5) is 12.4. The highest BCUT2D eigenvalue weighted by molar-refractivity contribution is 9.10. The molecule has 5 heteroatoms. The Balaban J connectivity index is 2.10. The largest absolute Gasteiger partial charge is 0.328 e. The topological polar surface area (TPSA) is 60.9 Å². The van der Waals surface area contributed by atoms with Crippen molar-refractivity contribution in [3.8, 4) is 0 Å². The lowest BCUT2D eigenvalue weighted by molar-refractivity contribution is -0.123. The van der Waals surface area contributed by atoms with Crippen LogP contribution in [0.1, 0.15) is 44.0 Å². The predicted molar refractivity (Wildman–Crippen MR) is 79.0 cm³/mol. The fourth-order valence-corrected chi connectivity index (χ4v) is 3.29. The Morgan fingerprint density at radius 1 is 1.53 bits per heavy atom. The van der Waals surface area contributed by atoms with Crippen LogP contribution in [-0.4, -0.2) is 21.6 Å². The van der Waals surface area contributed by atoms with Crippen molar-refractivity contribution in [2.24, 2.45) is 11.7 Å². The number of ketones is 1. The quantitative estimate of drug-likeness (QED) is 0.924. The number of carbonyl (C=O) groups excluding carboxylic acids is 1. The molecular weight excluding hydrogens is 306 g/mol. The fourth-order valence-electron chi connectivity index (χ4n) is 2.87. The van der Waals surface area contributed by atoms with Crippen LogP contribution in [0.25, 0.3) is 0 Å². The maximum Gasteiger partial charge on any atom is 0.141 e. The summed E-state index contributed by atoms with van der Waals surface area (Å²) in [5.74, 6) is 0.446. The summed E-state index contributed by atoms with van der Waals surface area (Å²) in [5, 5.41) is 4.43. The first-order valence-corrected chi connectivity index (χ1v) is 7.82. The van der Waals surface area contributed by atoms with E-state index >= 15 is 0 Å².